The van der Waals surface area contributed by atoms with Crippen molar-refractivity contribution < 1.29 is 17.7 Å². The van der Waals surface area contributed by atoms with Crippen LogP contribution in [0.4, 0.5) is 0 Å². The van der Waals surface area contributed by atoms with Gasteiger partial charge in [0, 0.05) is 0 Å². The Balaban J connectivity index is 1.24. The van der Waals surface area contributed by atoms with Gasteiger partial charge >= 0.3 is 0 Å². The smallest absolute Gasteiger partial charge is 0.200 e. The molecule has 9 aromatic carbocycles. The third-order valence-electron chi connectivity index (χ3n) is 11.8. The summed E-state index contributed by atoms with van der Waals surface area (Å²) >= 11 is 0. The molecule has 0 atom stereocenters. The number of benzene rings is 9. The maximum Gasteiger partial charge on any atom is 0.200 e. The Bertz CT molecular complexity index is 3360. The van der Waals surface area contributed by atoms with Crippen LogP contribution >= 0.6 is 0 Å². The first-order valence-electron chi connectivity index (χ1n) is 20.1. The maximum absolute atomic E-state index is 7.08. The van der Waals surface area contributed by atoms with Gasteiger partial charge in [-0.25, -0.2) is 0 Å². The van der Waals surface area contributed by atoms with Crippen molar-refractivity contribution in [3.8, 4) is 44.5 Å². The highest BCUT2D eigenvalue weighted by Crippen LogP contribution is 2.44. The summed E-state index contributed by atoms with van der Waals surface area (Å²) in [7, 11) is 0. The van der Waals surface area contributed by atoms with Crippen LogP contribution in [-0.2, 0) is 0 Å². The second-order valence-electron chi connectivity index (χ2n) is 15.3. The van der Waals surface area contributed by atoms with Crippen LogP contribution in [-0.4, -0.2) is 8.80 Å². The summed E-state index contributed by atoms with van der Waals surface area (Å²) in [6.07, 6.45) is 0. The Morgan fingerprint density at radius 1 is 0.233 bits per heavy atom. The molecule has 0 unspecified atom stereocenters. The van der Waals surface area contributed by atoms with Gasteiger partial charge in [0.25, 0.3) is 0 Å². The zero-order chi connectivity index (χ0) is 39.3. The molecule has 0 radical (unpaired) electrons. The number of aromatic nitrogens is 2. The zero-order valence-corrected chi connectivity index (χ0v) is 32.0. The topological polar surface area (TPSA) is 61.4 Å². The van der Waals surface area contributed by atoms with Gasteiger partial charge in [-0.2, -0.15) is 0 Å². The minimum Gasteiger partial charge on any atom is -0.449 e. The van der Waals surface area contributed by atoms with Crippen LogP contribution in [0.25, 0.3) is 122 Å². The molecule has 0 bridgehead atoms. The van der Waals surface area contributed by atoms with Crippen molar-refractivity contribution in [2.45, 2.75) is 0 Å². The van der Waals surface area contributed by atoms with Gasteiger partial charge in [0.05, 0.1) is 22.1 Å². The summed E-state index contributed by atoms with van der Waals surface area (Å²) < 4.78 is 32.8. The molecule has 4 aromatic heterocycles. The van der Waals surface area contributed by atoms with E-state index in [1.807, 2.05) is 24.3 Å². The molecule has 13 rings (SSSR count). The monoisotopic (exact) mass is 772 g/mol. The van der Waals surface area contributed by atoms with E-state index < -0.39 is 0 Å². The van der Waals surface area contributed by atoms with Gasteiger partial charge in [-0.1, -0.05) is 146 Å². The lowest BCUT2D eigenvalue weighted by atomic mass is 10.0. The van der Waals surface area contributed by atoms with Crippen molar-refractivity contribution in [2.75, 3.05) is 0 Å². The molecule has 6 nitrogen and oxygen atoms in total. The summed E-state index contributed by atoms with van der Waals surface area (Å²) in [5.41, 5.74) is 18.7. The Morgan fingerprint density at radius 2 is 0.467 bits per heavy atom. The van der Waals surface area contributed by atoms with E-state index in [1.54, 1.807) is 0 Å². The van der Waals surface area contributed by atoms with Gasteiger partial charge < -0.3 is 17.7 Å². The number of nitrogens with zero attached hydrogens (tertiary/aromatic N) is 2. The van der Waals surface area contributed by atoms with Crippen molar-refractivity contribution >= 4 is 77.8 Å². The fraction of sp³-hybridized carbons (Fsp3) is 0. The summed E-state index contributed by atoms with van der Waals surface area (Å²) in [5.74, 6) is 0. The fourth-order valence-electron chi connectivity index (χ4n) is 8.96. The highest BCUT2D eigenvalue weighted by molar-refractivity contribution is 6.20. The first kappa shape index (κ1) is 32.8. The second kappa shape index (κ2) is 12.6. The Labute approximate surface area is 341 Å². The summed E-state index contributed by atoms with van der Waals surface area (Å²) in [6, 6.07) is 67.2. The average molecular weight is 773 g/mol. The van der Waals surface area contributed by atoms with Crippen LogP contribution in [0.15, 0.2) is 212 Å². The van der Waals surface area contributed by atoms with Gasteiger partial charge in [0.15, 0.2) is 44.7 Å². The normalized spacial score (nSPS) is 12.0. The Kier molecular flexibility index (Phi) is 6.91. The van der Waals surface area contributed by atoms with Crippen molar-refractivity contribution in [3.05, 3.63) is 194 Å². The molecule has 60 heavy (non-hydrogen) atoms. The van der Waals surface area contributed by atoms with Crippen LogP contribution in [0.2, 0.25) is 0 Å². The van der Waals surface area contributed by atoms with Crippen molar-refractivity contribution in [1.29, 1.82) is 0 Å². The largest absolute Gasteiger partial charge is 0.449 e. The minimum atomic E-state index is 0.550. The number of fused-ring (bicyclic) bond motifs is 10. The van der Waals surface area contributed by atoms with Crippen LogP contribution in [0.1, 0.15) is 0 Å². The predicted molar refractivity (Wildman–Crippen MR) is 242 cm³/mol. The first-order valence-corrected chi connectivity index (χ1v) is 20.1. The maximum atomic E-state index is 7.08. The van der Waals surface area contributed by atoms with E-state index in [0.717, 1.165) is 66.6 Å². The first-order chi connectivity index (χ1) is 29.7. The third-order valence-corrected chi connectivity index (χ3v) is 11.8. The molecular weight excluding hydrogens is 741 g/mol. The van der Waals surface area contributed by atoms with Crippen molar-refractivity contribution in [2.24, 2.45) is 0 Å². The van der Waals surface area contributed by atoms with Gasteiger partial charge in [-0.15, -0.1) is 0 Å². The highest BCUT2D eigenvalue weighted by atomic mass is 16.4. The molecule has 4 heterocycles. The molecular formula is C54H32N2O4. The summed E-state index contributed by atoms with van der Waals surface area (Å²) in [6.45, 7) is 0. The zero-order valence-electron chi connectivity index (χ0n) is 32.0. The second-order valence-corrected chi connectivity index (χ2v) is 15.3. The highest BCUT2D eigenvalue weighted by Gasteiger charge is 2.27. The molecule has 0 amide bonds. The Morgan fingerprint density at radius 3 is 0.700 bits per heavy atom. The SMILES string of the molecule is c1ccc(-c2ccc3oc4c5oc6ccc(-c7ccccc7)cc6n6c7cc(-c8ccccc8)ccc7oc(c7oc8ccc(-c9ccccc9)cc8n(c3c2)c47)c56)cc1. The predicted octanol–water partition coefficient (Wildman–Crippen LogP) is 15.3. The molecule has 0 saturated carbocycles. The number of hydrogen-bond donors (Lipinski definition) is 0. The molecule has 0 aliphatic heterocycles. The molecule has 0 N–H and O–H groups in total. The van der Waals surface area contributed by atoms with E-state index >= 15 is 0 Å². The van der Waals surface area contributed by atoms with E-state index in [-0.39, 0.29) is 0 Å². The number of hydrogen-bond acceptors (Lipinski definition) is 4. The van der Waals surface area contributed by atoms with E-state index in [0.29, 0.717) is 55.7 Å². The molecule has 282 valence electrons. The quantitative estimate of drug-likeness (QED) is 0.132. The van der Waals surface area contributed by atoms with Crippen LogP contribution in [0, 0.1) is 0 Å². The van der Waals surface area contributed by atoms with Crippen LogP contribution < -0.4 is 0 Å². The van der Waals surface area contributed by atoms with E-state index in [9.17, 15) is 0 Å². The lowest BCUT2D eigenvalue weighted by Crippen LogP contribution is -2.02. The average Bonchev–Trinajstić information content (AvgIpc) is 3.33. The van der Waals surface area contributed by atoms with Crippen molar-refractivity contribution in [3.63, 3.8) is 0 Å². The third kappa shape index (κ3) is 4.88. The Hall–Kier alpha value is -8.22. The van der Waals surface area contributed by atoms with Gasteiger partial charge in [-0.3, -0.25) is 8.80 Å². The minimum absolute atomic E-state index is 0.550. The lowest BCUT2D eigenvalue weighted by molar-refractivity contribution is 0.597. The lowest BCUT2D eigenvalue weighted by Gasteiger charge is -2.20. The molecule has 0 fully saturated rings. The van der Waals surface area contributed by atoms with E-state index in [1.165, 1.54) is 0 Å². The molecule has 0 spiro atoms. The molecule has 0 saturated heterocycles. The fourth-order valence-corrected chi connectivity index (χ4v) is 8.96. The summed E-state index contributed by atoms with van der Waals surface area (Å²) in [4.78, 5) is 0. The standard InChI is InChI=1S/C54H32N2O4/c1-5-13-33(14-6-1)37-21-25-45-41(29-37)55-42-30-38(34-15-7-2-8-16-34)22-26-46(42)58-52-49(55)51(57-45)53-50-54(52)60-48-28-24-40(36-19-11-4-12-20-36)32-44(48)56(50)43-31-39(23-27-47(43)59-53)35-17-9-3-10-18-35/h1-32H. The number of rotatable bonds is 4. The van der Waals surface area contributed by atoms with Gasteiger partial charge in [0.1, 0.15) is 11.0 Å². The van der Waals surface area contributed by atoms with E-state index in [2.05, 4.69) is 179 Å². The van der Waals surface area contributed by atoms with Crippen molar-refractivity contribution in [1.82, 2.24) is 8.80 Å². The van der Waals surface area contributed by atoms with E-state index in [4.69, 9.17) is 17.7 Å². The van der Waals surface area contributed by atoms with Gasteiger partial charge in [-0.05, 0) is 93.0 Å². The van der Waals surface area contributed by atoms with Crippen LogP contribution in [0.5, 0.6) is 0 Å². The molecule has 0 aliphatic rings. The molecule has 6 heteroatoms. The summed E-state index contributed by atoms with van der Waals surface area (Å²) in [5, 5.41) is 0. The molecule has 0 aliphatic carbocycles. The van der Waals surface area contributed by atoms with Gasteiger partial charge in [0.2, 0.25) is 0 Å². The van der Waals surface area contributed by atoms with Crippen LogP contribution in [0.3, 0.4) is 0 Å². The molecule has 13 aromatic rings.